The lowest BCUT2D eigenvalue weighted by atomic mass is 10.2. The summed E-state index contributed by atoms with van der Waals surface area (Å²) in [5, 5.41) is 16.2. The first-order valence-electron chi connectivity index (χ1n) is 8.18. The van der Waals surface area contributed by atoms with E-state index in [1.54, 1.807) is 9.20 Å². The normalized spacial score (nSPS) is 12.4. The molecule has 126 valence electrons. The van der Waals surface area contributed by atoms with Crippen molar-refractivity contribution in [2.45, 2.75) is 26.3 Å². The predicted molar refractivity (Wildman–Crippen MR) is 93.6 cm³/mol. The molecular formula is C17H18N8. The highest BCUT2D eigenvalue weighted by atomic mass is 15.4. The van der Waals surface area contributed by atoms with Crippen molar-refractivity contribution in [2.75, 3.05) is 5.32 Å². The number of fused-ring (bicyclic) bond motifs is 1. The molecule has 0 aliphatic carbocycles. The third kappa shape index (κ3) is 2.93. The number of benzene rings is 1. The summed E-state index contributed by atoms with van der Waals surface area (Å²) in [4.78, 5) is 8.64. The summed E-state index contributed by atoms with van der Waals surface area (Å²) in [6.45, 7) is 4.10. The molecule has 0 radical (unpaired) electrons. The van der Waals surface area contributed by atoms with Gasteiger partial charge in [-0.1, -0.05) is 30.3 Å². The number of hydrogen-bond acceptors (Lipinski definition) is 6. The Kier molecular flexibility index (Phi) is 3.85. The molecule has 0 aliphatic rings. The Morgan fingerprint density at radius 3 is 2.84 bits per heavy atom. The molecule has 3 heterocycles. The molecule has 4 aromatic rings. The molecule has 3 aromatic heterocycles. The van der Waals surface area contributed by atoms with Gasteiger partial charge in [0.2, 0.25) is 0 Å². The molecule has 1 aromatic carbocycles. The van der Waals surface area contributed by atoms with Crippen molar-refractivity contribution in [1.29, 1.82) is 0 Å². The van der Waals surface area contributed by atoms with Gasteiger partial charge in [-0.2, -0.15) is 14.6 Å². The van der Waals surface area contributed by atoms with Crippen molar-refractivity contribution in [2.24, 2.45) is 0 Å². The van der Waals surface area contributed by atoms with Crippen LogP contribution in [-0.4, -0.2) is 34.6 Å². The molecule has 8 nitrogen and oxygen atoms in total. The highest BCUT2D eigenvalue weighted by Crippen LogP contribution is 2.19. The largest absolute Gasteiger partial charge is 0.362 e. The number of hydrogen-bond donors (Lipinski definition) is 1. The Balaban J connectivity index is 1.61. The fraction of sp³-hybridized carbons (Fsp3) is 0.235. The molecule has 0 saturated carbocycles. The SMILES string of the molecule is CCc1cc(NC(C)c2cn(-c3ccccc3)nn2)n2ncnc2n1. The third-order valence-corrected chi connectivity index (χ3v) is 4.01. The summed E-state index contributed by atoms with van der Waals surface area (Å²) in [6, 6.07) is 11.9. The Morgan fingerprint density at radius 2 is 2.04 bits per heavy atom. The summed E-state index contributed by atoms with van der Waals surface area (Å²) in [7, 11) is 0. The van der Waals surface area contributed by atoms with Gasteiger partial charge in [-0.05, 0) is 25.5 Å². The predicted octanol–water partition coefficient (Wildman–Crippen LogP) is 2.44. The standard InChI is InChI=1S/C17H18N8/c1-3-13-9-16(25-17(21-13)18-11-19-25)20-12(2)15-10-24(23-22-15)14-7-5-4-6-8-14/h4-12,20H,3H2,1-2H3. The Labute approximate surface area is 144 Å². The fourth-order valence-electron chi connectivity index (χ4n) is 2.62. The van der Waals surface area contributed by atoms with E-state index >= 15 is 0 Å². The summed E-state index contributed by atoms with van der Waals surface area (Å²) in [5.41, 5.74) is 2.78. The molecule has 8 heteroatoms. The molecule has 1 N–H and O–H groups in total. The monoisotopic (exact) mass is 334 g/mol. The first-order valence-corrected chi connectivity index (χ1v) is 8.18. The molecule has 1 atom stereocenters. The van der Waals surface area contributed by atoms with Gasteiger partial charge in [0.05, 0.1) is 17.9 Å². The average molecular weight is 334 g/mol. The molecule has 4 rings (SSSR count). The summed E-state index contributed by atoms with van der Waals surface area (Å²) >= 11 is 0. The molecule has 0 bridgehead atoms. The number of aromatic nitrogens is 7. The minimum Gasteiger partial charge on any atom is -0.362 e. The number of nitrogens with one attached hydrogen (secondary N) is 1. The zero-order valence-electron chi connectivity index (χ0n) is 14.0. The fourth-order valence-corrected chi connectivity index (χ4v) is 2.62. The van der Waals surface area contributed by atoms with Crippen molar-refractivity contribution in [1.82, 2.24) is 34.6 Å². The van der Waals surface area contributed by atoms with Crippen LogP contribution in [0.3, 0.4) is 0 Å². The van der Waals surface area contributed by atoms with Crippen LogP contribution in [0.2, 0.25) is 0 Å². The van der Waals surface area contributed by atoms with Gasteiger partial charge in [0.15, 0.2) is 0 Å². The van der Waals surface area contributed by atoms with Crippen LogP contribution in [0, 0.1) is 0 Å². The minimum absolute atomic E-state index is 0.0445. The Morgan fingerprint density at radius 1 is 1.20 bits per heavy atom. The third-order valence-electron chi connectivity index (χ3n) is 4.01. The summed E-state index contributed by atoms with van der Waals surface area (Å²) < 4.78 is 3.46. The van der Waals surface area contributed by atoms with Gasteiger partial charge in [-0.25, -0.2) is 9.67 Å². The molecule has 0 saturated heterocycles. The molecule has 1 unspecified atom stereocenters. The maximum atomic E-state index is 4.46. The average Bonchev–Trinajstić information content (AvgIpc) is 3.32. The first kappa shape index (κ1) is 15.3. The van der Waals surface area contributed by atoms with E-state index < -0.39 is 0 Å². The highest BCUT2D eigenvalue weighted by molar-refractivity contribution is 5.46. The number of anilines is 1. The van der Waals surface area contributed by atoms with E-state index in [2.05, 4.69) is 37.6 Å². The van der Waals surface area contributed by atoms with Crippen molar-refractivity contribution < 1.29 is 0 Å². The first-order chi connectivity index (χ1) is 12.2. The molecular weight excluding hydrogens is 316 g/mol. The van der Waals surface area contributed by atoms with E-state index in [4.69, 9.17) is 0 Å². The Bertz CT molecular complexity index is 988. The van der Waals surface area contributed by atoms with Crippen LogP contribution in [-0.2, 0) is 6.42 Å². The molecule has 0 aliphatic heterocycles. The van der Waals surface area contributed by atoms with E-state index in [1.165, 1.54) is 6.33 Å². The molecule has 0 amide bonds. The second-order valence-corrected chi connectivity index (χ2v) is 5.75. The number of para-hydroxylation sites is 1. The van der Waals surface area contributed by atoms with Crippen molar-refractivity contribution in [3.05, 3.63) is 60.3 Å². The van der Waals surface area contributed by atoms with Crippen LogP contribution < -0.4 is 5.32 Å². The van der Waals surface area contributed by atoms with Crippen LogP contribution in [0.4, 0.5) is 5.82 Å². The lowest BCUT2D eigenvalue weighted by Gasteiger charge is -2.14. The lowest BCUT2D eigenvalue weighted by molar-refractivity contribution is 0.773. The quantitative estimate of drug-likeness (QED) is 0.603. The van der Waals surface area contributed by atoms with Gasteiger partial charge in [0, 0.05) is 11.8 Å². The van der Waals surface area contributed by atoms with E-state index in [1.807, 2.05) is 49.5 Å². The summed E-state index contributed by atoms with van der Waals surface area (Å²) in [6.07, 6.45) is 4.26. The van der Waals surface area contributed by atoms with E-state index in [0.717, 1.165) is 29.3 Å². The van der Waals surface area contributed by atoms with Gasteiger partial charge in [-0.3, -0.25) is 0 Å². The number of nitrogens with zero attached hydrogens (tertiary/aromatic N) is 7. The van der Waals surface area contributed by atoms with Crippen molar-refractivity contribution in [3.8, 4) is 5.69 Å². The van der Waals surface area contributed by atoms with Gasteiger partial charge in [-0.15, -0.1) is 5.10 Å². The van der Waals surface area contributed by atoms with Crippen LogP contribution >= 0.6 is 0 Å². The zero-order chi connectivity index (χ0) is 17.2. The second-order valence-electron chi connectivity index (χ2n) is 5.75. The number of aryl methyl sites for hydroxylation is 1. The maximum absolute atomic E-state index is 4.46. The van der Waals surface area contributed by atoms with E-state index in [0.29, 0.717) is 5.78 Å². The van der Waals surface area contributed by atoms with Gasteiger partial charge in [0.1, 0.15) is 17.8 Å². The van der Waals surface area contributed by atoms with Crippen molar-refractivity contribution in [3.63, 3.8) is 0 Å². The highest BCUT2D eigenvalue weighted by Gasteiger charge is 2.14. The lowest BCUT2D eigenvalue weighted by Crippen LogP contribution is -2.12. The van der Waals surface area contributed by atoms with Crippen molar-refractivity contribution >= 4 is 11.6 Å². The van der Waals surface area contributed by atoms with E-state index in [-0.39, 0.29) is 6.04 Å². The van der Waals surface area contributed by atoms with Gasteiger partial charge >= 0.3 is 0 Å². The van der Waals surface area contributed by atoms with E-state index in [9.17, 15) is 0 Å². The second kappa shape index (κ2) is 6.31. The topological polar surface area (TPSA) is 85.8 Å². The number of rotatable bonds is 5. The smallest absolute Gasteiger partial charge is 0.254 e. The maximum Gasteiger partial charge on any atom is 0.254 e. The summed E-state index contributed by atoms with van der Waals surface area (Å²) in [5.74, 6) is 1.42. The van der Waals surface area contributed by atoms with Crippen LogP contribution in [0.5, 0.6) is 0 Å². The Hall–Kier alpha value is -3.29. The molecule has 0 spiro atoms. The van der Waals surface area contributed by atoms with Gasteiger partial charge < -0.3 is 5.32 Å². The van der Waals surface area contributed by atoms with Gasteiger partial charge in [0.25, 0.3) is 5.78 Å². The zero-order valence-corrected chi connectivity index (χ0v) is 14.0. The van der Waals surface area contributed by atoms with Crippen LogP contribution in [0.25, 0.3) is 11.5 Å². The molecule has 25 heavy (non-hydrogen) atoms. The molecule has 0 fully saturated rings. The van der Waals surface area contributed by atoms with Crippen LogP contribution in [0.1, 0.15) is 31.3 Å². The minimum atomic E-state index is -0.0445. The van der Waals surface area contributed by atoms with Crippen LogP contribution in [0.15, 0.2) is 48.9 Å².